The van der Waals surface area contributed by atoms with E-state index in [1.165, 1.54) is 11.3 Å². The highest BCUT2D eigenvalue weighted by atomic mass is 16.2. The fourth-order valence-corrected chi connectivity index (χ4v) is 1.99. The number of carbonyl (C=O) groups is 2. The third-order valence-electron chi connectivity index (χ3n) is 3.14. The van der Waals surface area contributed by atoms with Crippen molar-refractivity contribution in [2.24, 2.45) is 11.8 Å². The SMILES string of the molecule is CN1C(=O)CC(C2CCC2)C1=O. The molecule has 1 aliphatic carbocycles. The maximum Gasteiger partial charge on any atom is 0.232 e. The average molecular weight is 167 g/mol. The molecule has 12 heavy (non-hydrogen) atoms. The highest BCUT2D eigenvalue weighted by Crippen LogP contribution is 2.38. The Kier molecular flexibility index (Phi) is 1.67. The van der Waals surface area contributed by atoms with Crippen LogP contribution < -0.4 is 0 Å². The Morgan fingerprint density at radius 3 is 2.33 bits per heavy atom. The molecule has 66 valence electrons. The fraction of sp³-hybridized carbons (Fsp3) is 0.778. The third kappa shape index (κ3) is 0.958. The number of hydrogen-bond donors (Lipinski definition) is 0. The Labute approximate surface area is 71.7 Å². The van der Waals surface area contributed by atoms with Crippen molar-refractivity contribution in [3.63, 3.8) is 0 Å². The number of imide groups is 1. The van der Waals surface area contributed by atoms with E-state index in [0.29, 0.717) is 12.3 Å². The van der Waals surface area contributed by atoms with Gasteiger partial charge in [0.15, 0.2) is 0 Å². The molecule has 0 radical (unpaired) electrons. The zero-order valence-corrected chi connectivity index (χ0v) is 7.25. The highest BCUT2D eigenvalue weighted by molar-refractivity contribution is 6.03. The topological polar surface area (TPSA) is 37.4 Å². The summed E-state index contributed by atoms with van der Waals surface area (Å²) in [5, 5.41) is 0. The van der Waals surface area contributed by atoms with Crippen LogP contribution in [0.2, 0.25) is 0 Å². The molecule has 0 N–H and O–H groups in total. The van der Waals surface area contributed by atoms with Gasteiger partial charge in [0.25, 0.3) is 0 Å². The van der Waals surface area contributed by atoms with E-state index in [1.807, 2.05) is 0 Å². The van der Waals surface area contributed by atoms with Gasteiger partial charge in [-0.3, -0.25) is 14.5 Å². The number of rotatable bonds is 1. The van der Waals surface area contributed by atoms with Crippen LogP contribution in [-0.2, 0) is 9.59 Å². The average Bonchev–Trinajstić information content (AvgIpc) is 2.15. The number of hydrogen-bond acceptors (Lipinski definition) is 2. The minimum absolute atomic E-state index is 0.00287. The van der Waals surface area contributed by atoms with Crippen molar-refractivity contribution in [2.75, 3.05) is 7.05 Å². The second-order valence-corrected chi connectivity index (χ2v) is 3.79. The summed E-state index contributed by atoms with van der Waals surface area (Å²) >= 11 is 0. The largest absolute Gasteiger partial charge is 0.285 e. The summed E-state index contributed by atoms with van der Waals surface area (Å²) in [5.41, 5.74) is 0. The minimum Gasteiger partial charge on any atom is -0.285 e. The first kappa shape index (κ1) is 7.77. The maximum atomic E-state index is 11.5. The first-order valence-corrected chi connectivity index (χ1v) is 4.50. The van der Waals surface area contributed by atoms with E-state index in [1.54, 1.807) is 7.05 Å². The van der Waals surface area contributed by atoms with Crippen LogP contribution in [0.15, 0.2) is 0 Å². The molecule has 1 aliphatic heterocycles. The highest BCUT2D eigenvalue weighted by Gasteiger charge is 2.42. The van der Waals surface area contributed by atoms with Gasteiger partial charge in [0, 0.05) is 13.5 Å². The van der Waals surface area contributed by atoms with Crippen molar-refractivity contribution in [3.8, 4) is 0 Å². The van der Waals surface area contributed by atoms with Crippen LogP contribution >= 0.6 is 0 Å². The second kappa shape index (κ2) is 2.57. The molecular formula is C9H13NO2. The van der Waals surface area contributed by atoms with Gasteiger partial charge in [0.1, 0.15) is 0 Å². The summed E-state index contributed by atoms with van der Waals surface area (Å²) in [4.78, 5) is 23.9. The van der Waals surface area contributed by atoms with Crippen LogP contribution in [0.4, 0.5) is 0 Å². The first-order valence-electron chi connectivity index (χ1n) is 4.50. The molecule has 1 saturated carbocycles. The van der Waals surface area contributed by atoms with E-state index in [0.717, 1.165) is 12.8 Å². The number of amides is 2. The molecule has 0 bridgehead atoms. The Balaban J connectivity index is 2.08. The van der Waals surface area contributed by atoms with E-state index < -0.39 is 0 Å². The summed E-state index contributed by atoms with van der Waals surface area (Å²) < 4.78 is 0. The van der Waals surface area contributed by atoms with Crippen LogP contribution in [0.1, 0.15) is 25.7 Å². The van der Waals surface area contributed by atoms with E-state index in [-0.39, 0.29) is 17.7 Å². The number of likely N-dealkylation sites (tertiary alicyclic amines) is 1. The van der Waals surface area contributed by atoms with Crippen LogP contribution in [0.3, 0.4) is 0 Å². The van der Waals surface area contributed by atoms with Gasteiger partial charge in [0.2, 0.25) is 11.8 Å². The molecule has 1 unspecified atom stereocenters. The number of carbonyl (C=O) groups excluding carboxylic acids is 2. The van der Waals surface area contributed by atoms with Crippen LogP contribution in [0, 0.1) is 11.8 Å². The summed E-state index contributed by atoms with van der Waals surface area (Å²) in [7, 11) is 1.59. The second-order valence-electron chi connectivity index (χ2n) is 3.79. The molecule has 2 aliphatic rings. The van der Waals surface area contributed by atoms with Crippen molar-refractivity contribution in [2.45, 2.75) is 25.7 Å². The molecule has 2 amide bonds. The van der Waals surface area contributed by atoms with Crippen molar-refractivity contribution in [1.82, 2.24) is 4.90 Å². The van der Waals surface area contributed by atoms with E-state index in [9.17, 15) is 9.59 Å². The summed E-state index contributed by atoms with van der Waals surface area (Å²) in [6.45, 7) is 0. The summed E-state index contributed by atoms with van der Waals surface area (Å²) in [6.07, 6.45) is 3.96. The first-order chi connectivity index (χ1) is 5.70. The van der Waals surface area contributed by atoms with Gasteiger partial charge in [-0.1, -0.05) is 6.42 Å². The molecule has 3 heteroatoms. The van der Waals surface area contributed by atoms with Crippen LogP contribution in [0.5, 0.6) is 0 Å². The molecular weight excluding hydrogens is 154 g/mol. The van der Waals surface area contributed by atoms with Crippen LogP contribution in [-0.4, -0.2) is 23.8 Å². The zero-order chi connectivity index (χ0) is 8.72. The van der Waals surface area contributed by atoms with Crippen LogP contribution in [0.25, 0.3) is 0 Å². The summed E-state index contributed by atoms with van der Waals surface area (Å²) in [5.74, 6) is 0.573. The lowest BCUT2D eigenvalue weighted by atomic mass is 9.75. The standard InChI is InChI=1S/C9H13NO2/c1-10-8(11)5-7(9(10)12)6-3-2-4-6/h6-7H,2-5H2,1H3. The van der Waals surface area contributed by atoms with Gasteiger partial charge in [-0.25, -0.2) is 0 Å². The van der Waals surface area contributed by atoms with Gasteiger partial charge < -0.3 is 0 Å². The monoisotopic (exact) mass is 167 g/mol. The lowest BCUT2D eigenvalue weighted by Crippen LogP contribution is -2.30. The molecule has 0 aromatic heterocycles. The lowest BCUT2D eigenvalue weighted by molar-refractivity contribution is -0.138. The van der Waals surface area contributed by atoms with Gasteiger partial charge in [-0.05, 0) is 18.8 Å². The van der Waals surface area contributed by atoms with E-state index >= 15 is 0 Å². The molecule has 2 fully saturated rings. The maximum absolute atomic E-state index is 11.5. The fourth-order valence-electron chi connectivity index (χ4n) is 1.99. The Morgan fingerprint density at radius 1 is 1.33 bits per heavy atom. The molecule has 2 rings (SSSR count). The quantitative estimate of drug-likeness (QED) is 0.541. The molecule has 3 nitrogen and oxygen atoms in total. The predicted octanol–water partition coefficient (Wildman–Crippen LogP) is 0.791. The van der Waals surface area contributed by atoms with E-state index in [2.05, 4.69) is 0 Å². The predicted molar refractivity (Wildman–Crippen MR) is 43.2 cm³/mol. The van der Waals surface area contributed by atoms with Crippen molar-refractivity contribution in [1.29, 1.82) is 0 Å². The molecule has 1 heterocycles. The zero-order valence-electron chi connectivity index (χ0n) is 7.25. The van der Waals surface area contributed by atoms with E-state index in [4.69, 9.17) is 0 Å². The summed E-state index contributed by atoms with van der Waals surface area (Å²) in [6, 6.07) is 0. The third-order valence-corrected chi connectivity index (χ3v) is 3.14. The molecule has 0 aromatic rings. The molecule has 0 spiro atoms. The Hall–Kier alpha value is -0.860. The smallest absolute Gasteiger partial charge is 0.232 e. The molecule has 1 saturated heterocycles. The molecule has 0 aromatic carbocycles. The Morgan fingerprint density at radius 2 is 2.00 bits per heavy atom. The van der Waals surface area contributed by atoms with Gasteiger partial charge >= 0.3 is 0 Å². The van der Waals surface area contributed by atoms with Gasteiger partial charge in [0.05, 0.1) is 5.92 Å². The molecule has 1 atom stereocenters. The van der Waals surface area contributed by atoms with Crippen molar-refractivity contribution < 1.29 is 9.59 Å². The van der Waals surface area contributed by atoms with Gasteiger partial charge in [-0.2, -0.15) is 0 Å². The van der Waals surface area contributed by atoms with Crippen molar-refractivity contribution in [3.05, 3.63) is 0 Å². The Bertz CT molecular complexity index is 233. The lowest BCUT2D eigenvalue weighted by Gasteiger charge is -2.29. The normalized spacial score (nSPS) is 31.1. The minimum atomic E-state index is -0.00287. The van der Waals surface area contributed by atoms with Gasteiger partial charge in [-0.15, -0.1) is 0 Å². The number of nitrogens with zero attached hydrogens (tertiary/aromatic N) is 1. The van der Waals surface area contributed by atoms with Crippen molar-refractivity contribution >= 4 is 11.8 Å².